The Balaban J connectivity index is 2.38. The van der Waals surface area contributed by atoms with Gasteiger partial charge in [-0.2, -0.15) is 5.06 Å². The van der Waals surface area contributed by atoms with Crippen LogP contribution < -0.4 is 0 Å². The Kier molecular flexibility index (Phi) is 5.15. The molecule has 4 nitrogen and oxygen atoms in total. The zero-order valence-electron chi connectivity index (χ0n) is 10.8. The first-order valence-corrected chi connectivity index (χ1v) is 6.22. The molecule has 0 saturated carbocycles. The lowest BCUT2D eigenvalue weighted by Crippen LogP contribution is -2.44. The molecule has 1 heterocycles. The van der Waals surface area contributed by atoms with E-state index in [4.69, 9.17) is 9.94 Å². The number of carboxylic acids is 1. The van der Waals surface area contributed by atoms with Crippen molar-refractivity contribution in [2.24, 2.45) is 5.41 Å². The summed E-state index contributed by atoms with van der Waals surface area (Å²) in [5, 5.41) is 10.7. The van der Waals surface area contributed by atoms with Crippen molar-refractivity contribution in [2.75, 3.05) is 13.2 Å². The van der Waals surface area contributed by atoms with E-state index in [1.54, 1.807) is 5.06 Å². The van der Waals surface area contributed by atoms with E-state index in [-0.39, 0.29) is 5.41 Å². The van der Waals surface area contributed by atoms with Crippen LogP contribution in [0.15, 0.2) is 12.7 Å². The van der Waals surface area contributed by atoms with E-state index >= 15 is 0 Å². The van der Waals surface area contributed by atoms with Crippen molar-refractivity contribution >= 4 is 5.97 Å². The van der Waals surface area contributed by atoms with Gasteiger partial charge in [-0.1, -0.05) is 19.9 Å². The van der Waals surface area contributed by atoms with E-state index in [0.29, 0.717) is 19.6 Å². The van der Waals surface area contributed by atoms with Crippen LogP contribution in [0.3, 0.4) is 0 Å². The summed E-state index contributed by atoms with van der Waals surface area (Å²) >= 11 is 0. The van der Waals surface area contributed by atoms with Crippen LogP contribution in [0.5, 0.6) is 0 Å². The maximum absolute atomic E-state index is 11.0. The van der Waals surface area contributed by atoms with Gasteiger partial charge in [0, 0.05) is 6.54 Å². The summed E-state index contributed by atoms with van der Waals surface area (Å²) in [6.45, 7) is 9.22. The lowest BCUT2D eigenvalue weighted by molar-refractivity contribution is -0.210. The Labute approximate surface area is 103 Å². The largest absolute Gasteiger partial charge is 0.480 e. The SMILES string of the molecule is C=CC(C)(C)CCON1CCCC[C@H]1C(=O)O. The van der Waals surface area contributed by atoms with Gasteiger partial charge in [-0.15, -0.1) is 6.58 Å². The minimum Gasteiger partial charge on any atom is -0.480 e. The summed E-state index contributed by atoms with van der Waals surface area (Å²) in [5.74, 6) is -0.785. The van der Waals surface area contributed by atoms with Gasteiger partial charge < -0.3 is 5.11 Å². The summed E-state index contributed by atoms with van der Waals surface area (Å²) in [4.78, 5) is 16.6. The van der Waals surface area contributed by atoms with Gasteiger partial charge >= 0.3 is 5.97 Å². The Bertz CT molecular complexity index is 276. The molecule has 0 spiro atoms. The molecule has 1 rings (SSSR count). The fourth-order valence-corrected chi connectivity index (χ4v) is 1.83. The van der Waals surface area contributed by atoms with Gasteiger partial charge in [0.2, 0.25) is 0 Å². The van der Waals surface area contributed by atoms with Gasteiger partial charge in [-0.05, 0) is 31.1 Å². The van der Waals surface area contributed by atoms with Gasteiger partial charge in [0.05, 0.1) is 6.61 Å². The van der Waals surface area contributed by atoms with E-state index in [9.17, 15) is 4.79 Å². The molecule has 17 heavy (non-hydrogen) atoms. The maximum Gasteiger partial charge on any atom is 0.323 e. The average molecular weight is 241 g/mol. The molecule has 4 heteroatoms. The Hall–Kier alpha value is -0.870. The van der Waals surface area contributed by atoms with E-state index in [0.717, 1.165) is 19.3 Å². The van der Waals surface area contributed by atoms with Crippen LogP contribution in [0.25, 0.3) is 0 Å². The van der Waals surface area contributed by atoms with Crippen LogP contribution in [0.2, 0.25) is 0 Å². The molecule has 1 saturated heterocycles. The summed E-state index contributed by atoms with van der Waals surface area (Å²) < 4.78 is 0. The highest BCUT2D eigenvalue weighted by Gasteiger charge is 2.29. The van der Waals surface area contributed by atoms with E-state index in [1.165, 1.54) is 0 Å². The zero-order valence-corrected chi connectivity index (χ0v) is 10.8. The number of hydroxylamine groups is 2. The van der Waals surface area contributed by atoms with Crippen molar-refractivity contribution in [1.29, 1.82) is 0 Å². The first kappa shape index (κ1) is 14.2. The minimum absolute atomic E-state index is 0.0362. The van der Waals surface area contributed by atoms with Crippen LogP contribution >= 0.6 is 0 Å². The fraction of sp³-hybridized carbons (Fsp3) is 0.769. The molecular formula is C13H23NO3. The van der Waals surface area contributed by atoms with E-state index in [1.807, 2.05) is 6.08 Å². The molecule has 0 aromatic carbocycles. The first-order valence-electron chi connectivity index (χ1n) is 6.22. The molecule has 98 valence electrons. The van der Waals surface area contributed by atoms with Crippen LogP contribution in [0, 0.1) is 5.41 Å². The number of carboxylic acid groups (broad SMARTS) is 1. The molecule has 1 N–H and O–H groups in total. The van der Waals surface area contributed by atoms with Crippen molar-refractivity contribution in [3.05, 3.63) is 12.7 Å². The molecule has 0 amide bonds. The van der Waals surface area contributed by atoms with Gasteiger partial charge in [0.15, 0.2) is 0 Å². The van der Waals surface area contributed by atoms with Crippen molar-refractivity contribution in [3.8, 4) is 0 Å². The van der Waals surface area contributed by atoms with E-state index in [2.05, 4.69) is 20.4 Å². The highest BCUT2D eigenvalue weighted by Crippen LogP contribution is 2.23. The molecular weight excluding hydrogens is 218 g/mol. The molecule has 1 fully saturated rings. The Morgan fingerprint density at radius 1 is 1.59 bits per heavy atom. The highest BCUT2D eigenvalue weighted by atomic mass is 16.7. The predicted molar refractivity (Wildman–Crippen MR) is 66.5 cm³/mol. The summed E-state index contributed by atoms with van der Waals surface area (Å²) in [7, 11) is 0. The summed E-state index contributed by atoms with van der Waals surface area (Å²) in [6, 6.07) is -0.476. The molecule has 0 bridgehead atoms. The number of hydrogen-bond donors (Lipinski definition) is 1. The Morgan fingerprint density at radius 3 is 2.88 bits per heavy atom. The van der Waals surface area contributed by atoms with Gasteiger partial charge in [-0.25, -0.2) is 0 Å². The smallest absolute Gasteiger partial charge is 0.323 e. The second-order valence-electron chi connectivity index (χ2n) is 5.27. The lowest BCUT2D eigenvalue weighted by Gasteiger charge is -2.32. The zero-order chi connectivity index (χ0) is 12.9. The molecule has 1 aliphatic rings. The number of nitrogens with zero attached hydrogens (tertiary/aromatic N) is 1. The van der Waals surface area contributed by atoms with Crippen molar-refractivity contribution in [1.82, 2.24) is 5.06 Å². The van der Waals surface area contributed by atoms with Crippen LogP contribution in [0.4, 0.5) is 0 Å². The topological polar surface area (TPSA) is 49.8 Å². The molecule has 0 aromatic heterocycles. The number of piperidine rings is 1. The number of allylic oxidation sites excluding steroid dienone is 1. The number of hydrogen-bond acceptors (Lipinski definition) is 3. The lowest BCUT2D eigenvalue weighted by atomic mass is 9.90. The van der Waals surface area contributed by atoms with Crippen molar-refractivity contribution < 1.29 is 14.7 Å². The van der Waals surface area contributed by atoms with Gasteiger partial charge in [0.1, 0.15) is 6.04 Å². The molecule has 0 unspecified atom stereocenters. The standard InChI is InChI=1S/C13H23NO3/c1-4-13(2,3)8-10-17-14-9-6-5-7-11(14)12(15)16/h4,11H,1,5-10H2,2-3H3,(H,15,16)/t11-/m0/s1. The Morgan fingerprint density at radius 2 is 2.29 bits per heavy atom. The normalized spacial score (nSPS) is 22.4. The first-order chi connectivity index (χ1) is 7.96. The third-order valence-electron chi connectivity index (χ3n) is 3.29. The third kappa shape index (κ3) is 4.48. The quantitative estimate of drug-likeness (QED) is 0.726. The monoisotopic (exact) mass is 241 g/mol. The maximum atomic E-state index is 11.0. The summed E-state index contributed by atoms with van der Waals surface area (Å²) in [5.41, 5.74) is 0.0362. The molecule has 0 aromatic rings. The molecule has 0 aliphatic carbocycles. The van der Waals surface area contributed by atoms with Gasteiger partial charge in [-0.3, -0.25) is 9.63 Å². The second-order valence-corrected chi connectivity index (χ2v) is 5.27. The molecule has 1 atom stereocenters. The minimum atomic E-state index is -0.785. The number of rotatable bonds is 6. The number of aliphatic carboxylic acids is 1. The van der Waals surface area contributed by atoms with E-state index < -0.39 is 12.0 Å². The molecule has 0 radical (unpaired) electrons. The van der Waals surface area contributed by atoms with Crippen LogP contribution in [-0.4, -0.2) is 35.3 Å². The highest BCUT2D eigenvalue weighted by molar-refractivity contribution is 5.73. The molecule has 1 aliphatic heterocycles. The van der Waals surface area contributed by atoms with Crippen molar-refractivity contribution in [2.45, 2.75) is 45.6 Å². The van der Waals surface area contributed by atoms with Crippen LogP contribution in [-0.2, 0) is 9.63 Å². The second kappa shape index (κ2) is 6.17. The average Bonchev–Trinajstić information content (AvgIpc) is 2.29. The third-order valence-corrected chi connectivity index (χ3v) is 3.29. The van der Waals surface area contributed by atoms with Crippen molar-refractivity contribution in [3.63, 3.8) is 0 Å². The fourth-order valence-electron chi connectivity index (χ4n) is 1.83. The summed E-state index contributed by atoms with van der Waals surface area (Å²) in [6.07, 6.45) is 5.41. The number of carbonyl (C=O) groups is 1. The predicted octanol–water partition coefficient (Wildman–Crippen LogP) is 2.46. The van der Waals surface area contributed by atoms with Gasteiger partial charge in [0.25, 0.3) is 0 Å². The van der Waals surface area contributed by atoms with Crippen LogP contribution in [0.1, 0.15) is 39.5 Å².